The maximum Gasteiger partial charge on any atom is 0.260 e. The van der Waals surface area contributed by atoms with Crippen LogP contribution in [-0.2, 0) is 4.79 Å². The number of hydrogen-bond acceptors (Lipinski definition) is 3. The van der Waals surface area contributed by atoms with Crippen LogP contribution in [0.2, 0.25) is 0 Å². The Bertz CT molecular complexity index is 408. The van der Waals surface area contributed by atoms with Gasteiger partial charge in [-0.1, -0.05) is 26.0 Å². The Kier molecular flexibility index (Phi) is 3.87. The van der Waals surface area contributed by atoms with Crippen molar-refractivity contribution in [2.24, 2.45) is 0 Å². The van der Waals surface area contributed by atoms with Crippen LogP contribution in [0, 0.1) is 0 Å². The van der Waals surface area contributed by atoms with E-state index in [1.807, 2.05) is 24.3 Å². The van der Waals surface area contributed by atoms with E-state index in [0.717, 1.165) is 0 Å². The minimum atomic E-state index is -0.362. The summed E-state index contributed by atoms with van der Waals surface area (Å²) in [7, 11) is 0. The van der Waals surface area contributed by atoms with Crippen molar-refractivity contribution in [2.75, 3.05) is 19.7 Å². The van der Waals surface area contributed by atoms with Crippen molar-refractivity contribution in [1.82, 2.24) is 4.90 Å². The van der Waals surface area contributed by atoms with Crippen LogP contribution in [0.25, 0.3) is 0 Å². The molecule has 1 heterocycles. The van der Waals surface area contributed by atoms with Crippen LogP contribution >= 0.6 is 0 Å². The van der Waals surface area contributed by atoms with Crippen molar-refractivity contribution in [1.29, 1.82) is 0 Å². The number of aliphatic hydroxyl groups is 1. The number of carbonyl (C=O) groups is 1. The minimum absolute atomic E-state index is 0.0355. The summed E-state index contributed by atoms with van der Waals surface area (Å²) in [6.45, 7) is 5.15. The largest absolute Gasteiger partial charge is 0.484 e. The van der Waals surface area contributed by atoms with Gasteiger partial charge in [0.15, 0.2) is 6.61 Å². The molecule has 1 aliphatic rings. The molecular formula is C14H19NO3. The van der Waals surface area contributed by atoms with Gasteiger partial charge in [-0.2, -0.15) is 0 Å². The zero-order valence-electron chi connectivity index (χ0n) is 10.8. The van der Waals surface area contributed by atoms with E-state index in [4.69, 9.17) is 9.84 Å². The van der Waals surface area contributed by atoms with Gasteiger partial charge in [-0.25, -0.2) is 0 Å². The van der Waals surface area contributed by atoms with Crippen LogP contribution in [0.3, 0.4) is 0 Å². The second-order valence-corrected chi connectivity index (χ2v) is 4.96. The zero-order chi connectivity index (χ0) is 13.1. The van der Waals surface area contributed by atoms with E-state index >= 15 is 0 Å². The molecule has 98 valence electrons. The van der Waals surface area contributed by atoms with Gasteiger partial charge >= 0.3 is 0 Å². The predicted molar refractivity (Wildman–Crippen MR) is 68.6 cm³/mol. The third kappa shape index (κ3) is 3.01. The molecule has 0 aromatic heterocycles. The quantitative estimate of drug-likeness (QED) is 0.877. The molecule has 1 N–H and O–H groups in total. The molecule has 1 amide bonds. The molecule has 0 unspecified atom stereocenters. The number of rotatable bonds is 4. The van der Waals surface area contributed by atoms with Crippen LogP contribution in [0.15, 0.2) is 24.3 Å². The number of carbonyl (C=O) groups excluding carboxylic acids is 1. The lowest BCUT2D eigenvalue weighted by Gasteiger charge is -2.35. The highest BCUT2D eigenvalue weighted by Gasteiger charge is 2.28. The van der Waals surface area contributed by atoms with E-state index < -0.39 is 0 Å². The van der Waals surface area contributed by atoms with Gasteiger partial charge < -0.3 is 14.7 Å². The van der Waals surface area contributed by atoms with Gasteiger partial charge in [0.05, 0.1) is 6.10 Å². The highest BCUT2D eigenvalue weighted by molar-refractivity contribution is 5.78. The Morgan fingerprint density at radius 1 is 1.39 bits per heavy atom. The summed E-state index contributed by atoms with van der Waals surface area (Å²) in [6, 6.07) is 7.79. The first kappa shape index (κ1) is 12.9. The average Bonchev–Trinajstić information content (AvgIpc) is 2.32. The molecule has 1 aliphatic heterocycles. The predicted octanol–water partition coefficient (Wildman–Crippen LogP) is 1.39. The van der Waals surface area contributed by atoms with E-state index in [2.05, 4.69) is 13.8 Å². The fourth-order valence-corrected chi connectivity index (χ4v) is 1.84. The van der Waals surface area contributed by atoms with E-state index in [-0.39, 0.29) is 18.6 Å². The van der Waals surface area contributed by atoms with Gasteiger partial charge in [0.25, 0.3) is 5.91 Å². The van der Waals surface area contributed by atoms with Gasteiger partial charge in [0.1, 0.15) is 5.75 Å². The minimum Gasteiger partial charge on any atom is -0.484 e. The molecule has 0 radical (unpaired) electrons. The smallest absolute Gasteiger partial charge is 0.260 e. The average molecular weight is 249 g/mol. The van der Waals surface area contributed by atoms with E-state index in [1.165, 1.54) is 5.56 Å². The molecule has 4 heteroatoms. The number of nitrogens with zero attached hydrogens (tertiary/aromatic N) is 1. The summed E-state index contributed by atoms with van der Waals surface area (Å²) in [5, 5.41) is 9.10. The highest BCUT2D eigenvalue weighted by atomic mass is 16.5. The van der Waals surface area contributed by atoms with Crippen molar-refractivity contribution >= 4 is 5.91 Å². The number of ether oxygens (including phenoxy) is 1. The standard InChI is InChI=1S/C14H19NO3/c1-10(2)11-3-5-13(6-4-11)18-9-14(17)15-7-12(16)8-15/h3-6,10,12,16H,7-9H2,1-2H3. The molecule has 1 aromatic carbocycles. The number of likely N-dealkylation sites (tertiary alicyclic amines) is 1. The summed E-state index contributed by atoms with van der Waals surface area (Å²) >= 11 is 0. The number of aliphatic hydroxyl groups excluding tert-OH is 1. The molecule has 0 saturated carbocycles. The Hall–Kier alpha value is -1.55. The molecule has 0 atom stereocenters. The second-order valence-electron chi connectivity index (χ2n) is 4.96. The monoisotopic (exact) mass is 249 g/mol. The van der Waals surface area contributed by atoms with Crippen molar-refractivity contribution < 1.29 is 14.6 Å². The van der Waals surface area contributed by atoms with Crippen LogP contribution in [0.4, 0.5) is 0 Å². The maximum absolute atomic E-state index is 11.6. The molecule has 0 aliphatic carbocycles. The molecule has 0 bridgehead atoms. The SMILES string of the molecule is CC(C)c1ccc(OCC(=O)N2CC(O)C2)cc1. The summed E-state index contributed by atoms with van der Waals surface area (Å²) < 4.78 is 5.42. The lowest BCUT2D eigenvalue weighted by atomic mass is 10.0. The van der Waals surface area contributed by atoms with Crippen LogP contribution in [-0.4, -0.2) is 41.7 Å². The molecule has 4 nitrogen and oxygen atoms in total. The normalized spacial score (nSPS) is 15.7. The number of β-amino-alcohol motifs (C(OH)–C–C–N with tert-alkyl or cyclic N) is 1. The van der Waals surface area contributed by atoms with E-state index in [9.17, 15) is 4.79 Å². The summed E-state index contributed by atoms with van der Waals surface area (Å²) in [5.41, 5.74) is 1.25. The van der Waals surface area contributed by atoms with Crippen molar-refractivity contribution in [3.8, 4) is 5.75 Å². The molecule has 2 rings (SSSR count). The Morgan fingerprint density at radius 3 is 2.50 bits per heavy atom. The second kappa shape index (κ2) is 5.40. The van der Waals surface area contributed by atoms with E-state index in [0.29, 0.717) is 24.8 Å². The van der Waals surface area contributed by atoms with Crippen LogP contribution in [0.1, 0.15) is 25.3 Å². The molecule has 0 spiro atoms. The van der Waals surface area contributed by atoms with Gasteiger partial charge in [-0.05, 0) is 23.6 Å². The fraction of sp³-hybridized carbons (Fsp3) is 0.500. The molecular weight excluding hydrogens is 230 g/mol. The van der Waals surface area contributed by atoms with Gasteiger partial charge in [0.2, 0.25) is 0 Å². The Balaban J connectivity index is 1.81. The summed E-state index contributed by atoms with van der Waals surface area (Å²) in [6.07, 6.45) is -0.362. The van der Waals surface area contributed by atoms with E-state index in [1.54, 1.807) is 4.90 Å². The Labute approximate surface area is 107 Å². The topological polar surface area (TPSA) is 49.8 Å². The van der Waals surface area contributed by atoms with Crippen LogP contribution < -0.4 is 4.74 Å². The third-order valence-electron chi connectivity index (χ3n) is 3.12. The zero-order valence-corrected chi connectivity index (χ0v) is 10.8. The van der Waals surface area contributed by atoms with Gasteiger partial charge in [-0.15, -0.1) is 0 Å². The number of benzene rings is 1. The highest BCUT2D eigenvalue weighted by Crippen LogP contribution is 2.18. The Morgan fingerprint density at radius 2 is 2.00 bits per heavy atom. The fourth-order valence-electron chi connectivity index (χ4n) is 1.84. The maximum atomic E-state index is 11.6. The number of hydrogen-bond donors (Lipinski definition) is 1. The molecule has 18 heavy (non-hydrogen) atoms. The summed E-state index contributed by atoms with van der Waals surface area (Å²) in [4.78, 5) is 13.2. The lowest BCUT2D eigenvalue weighted by molar-refractivity contribution is -0.143. The first-order valence-electron chi connectivity index (χ1n) is 6.25. The van der Waals surface area contributed by atoms with Crippen molar-refractivity contribution in [3.05, 3.63) is 29.8 Å². The molecule has 1 fully saturated rings. The molecule has 1 saturated heterocycles. The lowest BCUT2D eigenvalue weighted by Crippen LogP contribution is -2.54. The first-order valence-corrected chi connectivity index (χ1v) is 6.25. The van der Waals surface area contributed by atoms with Gasteiger partial charge in [0, 0.05) is 13.1 Å². The van der Waals surface area contributed by atoms with Gasteiger partial charge in [-0.3, -0.25) is 4.79 Å². The first-order chi connectivity index (χ1) is 8.56. The van der Waals surface area contributed by atoms with Crippen molar-refractivity contribution in [3.63, 3.8) is 0 Å². The summed E-state index contributed by atoms with van der Waals surface area (Å²) in [5.74, 6) is 1.12. The molecule has 1 aromatic rings. The number of amides is 1. The van der Waals surface area contributed by atoms with Crippen LogP contribution in [0.5, 0.6) is 5.75 Å². The van der Waals surface area contributed by atoms with Crippen molar-refractivity contribution in [2.45, 2.75) is 25.9 Å². The third-order valence-corrected chi connectivity index (χ3v) is 3.12.